The summed E-state index contributed by atoms with van der Waals surface area (Å²) in [4.78, 5) is 29.3. The number of aliphatic carboxylic acids is 1. The quantitative estimate of drug-likeness (QED) is 0.773. The van der Waals surface area contributed by atoms with Gasteiger partial charge in [0.1, 0.15) is 18.0 Å². The number of alkyl halides is 3. The average Bonchev–Trinajstić information content (AvgIpc) is 2.54. The fourth-order valence-electron chi connectivity index (χ4n) is 2.01. The van der Waals surface area contributed by atoms with Crippen molar-refractivity contribution in [3.8, 4) is 16.9 Å². The summed E-state index contributed by atoms with van der Waals surface area (Å²) >= 11 is 0. The first-order valence-electron chi connectivity index (χ1n) is 6.83. The molecule has 0 aliphatic rings. The first kappa shape index (κ1) is 18.2. The fourth-order valence-corrected chi connectivity index (χ4v) is 2.01. The predicted octanol–water partition coefficient (Wildman–Crippen LogP) is 1.99. The highest BCUT2D eigenvalue weighted by Crippen LogP contribution is 2.32. The first-order chi connectivity index (χ1) is 11.6. The summed E-state index contributed by atoms with van der Waals surface area (Å²) in [6, 6.07) is 1.96. The Morgan fingerprint density at radius 1 is 1.20 bits per heavy atom. The molecule has 7 nitrogen and oxygen atoms in total. The molecule has 0 fully saturated rings. The molecule has 0 aromatic carbocycles. The van der Waals surface area contributed by atoms with E-state index in [9.17, 15) is 27.9 Å². The van der Waals surface area contributed by atoms with E-state index in [-0.39, 0.29) is 22.4 Å². The van der Waals surface area contributed by atoms with Crippen LogP contribution < -0.4 is 5.32 Å². The van der Waals surface area contributed by atoms with Crippen molar-refractivity contribution in [1.82, 2.24) is 15.3 Å². The van der Waals surface area contributed by atoms with E-state index in [0.29, 0.717) is 0 Å². The van der Waals surface area contributed by atoms with Crippen LogP contribution in [-0.4, -0.2) is 38.6 Å². The predicted molar refractivity (Wildman–Crippen MR) is 78.8 cm³/mol. The number of nitrogens with zero attached hydrogens (tertiary/aromatic N) is 2. The molecule has 0 aliphatic heterocycles. The number of carbonyl (C=O) groups excluding carboxylic acids is 1. The molecule has 132 valence electrons. The van der Waals surface area contributed by atoms with Crippen molar-refractivity contribution in [3.63, 3.8) is 0 Å². The van der Waals surface area contributed by atoms with E-state index in [4.69, 9.17) is 5.11 Å². The third kappa shape index (κ3) is 4.03. The zero-order valence-corrected chi connectivity index (χ0v) is 12.8. The standard InChI is InChI=1S/C15H12F3N3O4/c1-7-9(8-2-3-10(19-4-8)15(16,17)18)5-20-12(13(7)24)14(25)21-6-11(22)23/h2-5,24H,6H2,1H3,(H,21,25)(H,22,23). The molecule has 2 heterocycles. The summed E-state index contributed by atoms with van der Waals surface area (Å²) < 4.78 is 37.6. The van der Waals surface area contributed by atoms with Gasteiger partial charge in [0.25, 0.3) is 5.91 Å². The van der Waals surface area contributed by atoms with Crippen LogP contribution >= 0.6 is 0 Å². The number of hydrogen-bond acceptors (Lipinski definition) is 5. The van der Waals surface area contributed by atoms with Gasteiger partial charge < -0.3 is 15.5 Å². The number of nitrogens with one attached hydrogen (secondary N) is 1. The van der Waals surface area contributed by atoms with Crippen LogP contribution in [0.4, 0.5) is 13.2 Å². The van der Waals surface area contributed by atoms with Gasteiger partial charge in [-0.3, -0.25) is 14.6 Å². The van der Waals surface area contributed by atoms with Gasteiger partial charge in [-0.25, -0.2) is 4.98 Å². The Bertz CT molecular complexity index is 820. The number of amides is 1. The Labute approximate surface area is 139 Å². The van der Waals surface area contributed by atoms with Crippen molar-refractivity contribution in [2.45, 2.75) is 13.1 Å². The Balaban J connectivity index is 2.34. The lowest BCUT2D eigenvalue weighted by Crippen LogP contribution is -2.30. The number of aromatic hydroxyl groups is 1. The van der Waals surface area contributed by atoms with Gasteiger partial charge >= 0.3 is 12.1 Å². The van der Waals surface area contributed by atoms with E-state index in [0.717, 1.165) is 12.3 Å². The summed E-state index contributed by atoms with van der Waals surface area (Å²) in [7, 11) is 0. The van der Waals surface area contributed by atoms with E-state index in [1.165, 1.54) is 19.2 Å². The maximum Gasteiger partial charge on any atom is 0.433 e. The second-order valence-corrected chi connectivity index (χ2v) is 5.00. The van der Waals surface area contributed by atoms with Crippen LogP contribution in [0, 0.1) is 6.92 Å². The zero-order valence-electron chi connectivity index (χ0n) is 12.8. The summed E-state index contributed by atoms with van der Waals surface area (Å²) in [6.45, 7) is 0.793. The molecular formula is C15H12F3N3O4. The van der Waals surface area contributed by atoms with Crippen LogP contribution in [0.1, 0.15) is 21.7 Å². The Hall–Kier alpha value is -3.17. The molecule has 0 bridgehead atoms. The topological polar surface area (TPSA) is 112 Å². The number of rotatable bonds is 4. The van der Waals surface area contributed by atoms with Crippen molar-refractivity contribution in [2.24, 2.45) is 0 Å². The molecule has 2 aromatic rings. The van der Waals surface area contributed by atoms with Crippen molar-refractivity contribution >= 4 is 11.9 Å². The number of hydrogen-bond donors (Lipinski definition) is 3. The Kier molecular flexibility index (Phi) is 4.91. The number of carbonyl (C=O) groups is 2. The summed E-state index contributed by atoms with van der Waals surface area (Å²) in [5, 5.41) is 20.7. The number of carboxylic acids is 1. The third-order valence-corrected chi connectivity index (χ3v) is 3.29. The van der Waals surface area contributed by atoms with E-state index in [2.05, 4.69) is 15.3 Å². The van der Waals surface area contributed by atoms with Gasteiger partial charge in [-0.05, 0) is 13.0 Å². The SMILES string of the molecule is Cc1c(-c2ccc(C(F)(F)F)nc2)cnc(C(=O)NCC(=O)O)c1O. The highest BCUT2D eigenvalue weighted by molar-refractivity contribution is 5.97. The lowest BCUT2D eigenvalue weighted by atomic mass is 10.0. The van der Waals surface area contributed by atoms with Gasteiger partial charge in [0, 0.05) is 29.1 Å². The summed E-state index contributed by atoms with van der Waals surface area (Å²) in [6.07, 6.45) is -2.40. The van der Waals surface area contributed by atoms with Gasteiger partial charge in [0.05, 0.1) is 0 Å². The van der Waals surface area contributed by atoms with Crippen molar-refractivity contribution < 1.29 is 33.0 Å². The number of aromatic nitrogens is 2. The van der Waals surface area contributed by atoms with Crippen LogP contribution in [0.25, 0.3) is 11.1 Å². The fraction of sp³-hybridized carbons (Fsp3) is 0.200. The maximum absolute atomic E-state index is 12.5. The molecular weight excluding hydrogens is 343 g/mol. The van der Waals surface area contributed by atoms with E-state index in [1.54, 1.807) is 0 Å². The maximum atomic E-state index is 12.5. The van der Waals surface area contributed by atoms with Gasteiger partial charge in [-0.1, -0.05) is 6.07 Å². The van der Waals surface area contributed by atoms with Gasteiger partial charge in [-0.15, -0.1) is 0 Å². The molecule has 0 saturated heterocycles. The highest BCUT2D eigenvalue weighted by Gasteiger charge is 2.32. The minimum atomic E-state index is -4.57. The van der Waals surface area contributed by atoms with Crippen molar-refractivity contribution in [1.29, 1.82) is 0 Å². The van der Waals surface area contributed by atoms with Crippen LogP contribution in [-0.2, 0) is 11.0 Å². The molecule has 2 rings (SSSR count). The molecule has 0 saturated carbocycles. The van der Waals surface area contributed by atoms with Gasteiger partial charge in [-0.2, -0.15) is 13.2 Å². The monoisotopic (exact) mass is 355 g/mol. The largest absolute Gasteiger partial charge is 0.505 e. The van der Waals surface area contributed by atoms with Crippen LogP contribution in [0.2, 0.25) is 0 Å². The van der Waals surface area contributed by atoms with E-state index < -0.39 is 36.0 Å². The first-order valence-corrected chi connectivity index (χ1v) is 6.83. The second kappa shape index (κ2) is 6.75. The number of pyridine rings is 2. The molecule has 10 heteroatoms. The highest BCUT2D eigenvalue weighted by atomic mass is 19.4. The number of carboxylic acid groups (broad SMARTS) is 1. The van der Waals surface area contributed by atoms with Gasteiger partial charge in [0.15, 0.2) is 5.69 Å². The van der Waals surface area contributed by atoms with Crippen molar-refractivity contribution in [3.05, 3.63) is 41.5 Å². The van der Waals surface area contributed by atoms with Crippen LogP contribution in [0.3, 0.4) is 0 Å². The van der Waals surface area contributed by atoms with Crippen LogP contribution in [0.5, 0.6) is 5.75 Å². The van der Waals surface area contributed by atoms with Crippen LogP contribution in [0.15, 0.2) is 24.5 Å². The molecule has 0 radical (unpaired) electrons. The van der Waals surface area contributed by atoms with Gasteiger partial charge in [0.2, 0.25) is 0 Å². The molecule has 0 unspecified atom stereocenters. The average molecular weight is 355 g/mol. The third-order valence-electron chi connectivity index (χ3n) is 3.29. The molecule has 2 aromatic heterocycles. The molecule has 1 amide bonds. The minimum Gasteiger partial charge on any atom is -0.505 e. The molecule has 3 N–H and O–H groups in total. The summed E-state index contributed by atoms with van der Waals surface area (Å²) in [5.74, 6) is -2.66. The smallest absolute Gasteiger partial charge is 0.433 e. The molecule has 0 atom stereocenters. The lowest BCUT2D eigenvalue weighted by molar-refractivity contribution is -0.141. The molecule has 0 aliphatic carbocycles. The van der Waals surface area contributed by atoms with Crippen molar-refractivity contribution in [2.75, 3.05) is 6.54 Å². The second-order valence-electron chi connectivity index (χ2n) is 5.00. The van der Waals surface area contributed by atoms with E-state index >= 15 is 0 Å². The molecule has 25 heavy (non-hydrogen) atoms. The Morgan fingerprint density at radius 3 is 2.40 bits per heavy atom. The Morgan fingerprint density at radius 2 is 1.88 bits per heavy atom. The normalized spacial score (nSPS) is 11.2. The summed E-state index contributed by atoms with van der Waals surface area (Å²) in [5.41, 5.74) is -0.700. The lowest BCUT2D eigenvalue weighted by Gasteiger charge is -2.12. The number of halogens is 3. The van der Waals surface area contributed by atoms with E-state index in [1.807, 2.05) is 0 Å². The molecule has 0 spiro atoms. The zero-order chi connectivity index (χ0) is 18.8. The minimum absolute atomic E-state index is 0.192.